The molecule has 4 aromatic rings. The first-order valence-electron chi connectivity index (χ1n) is 12.9. The zero-order valence-electron chi connectivity index (χ0n) is 21.2. The molecule has 0 radical (unpaired) electrons. The van der Waals surface area contributed by atoms with Crippen molar-refractivity contribution in [3.63, 3.8) is 0 Å². The van der Waals surface area contributed by atoms with Crippen LogP contribution in [0.4, 0.5) is 5.69 Å². The predicted molar refractivity (Wildman–Crippen MR) is 145 cm³/mol. The second kappa shape index (κ2) is 10.2. The zero-order chi connectivity index (χ0) is 23.8. The Morgan fingerprint density at radius 2 is 1.75 bits per heavy atom. The standard InChI is InChI=1S/C27H34N8.ClH/c1-27(2)9-3-4-12-34(27)17-21-7-8-26-29-23(18-33(26)16-21)19-35-20-25(30-31-35)22-13-24(15-28-14-22)32-10-5-6-11-32;/h7-8,13-16,18,20H,3-6,9-12,17,19H2,1-2H3;1H. The molecule has 0 atom stereocenters. The SMILES string of the molecule is CC1(C)CCCCN1Cc1ccc2nc(Cn3cc(-c4cncc(N5CCCC5)c4)nn3)cn2c1.Cl. The molecule has 6 heterocycles. The van der Waals surface area contributed by atoms with Gasteiger partial charge in [0, 0.05) is 49.3 Å². The zero-order valence-corrected chi connectivity index (χ0v) is 22.0. The molecule has 0 spiro atoms. The summed E-state index contributed by atoms with van der Waals surface area (Å²) in [7, 11) is 0. The number of piperidine rings is 1. The van der Waals surface area contributed by atoms with Crippen molar-refractivity contribution in [1.82, 2.24) is 34.3 Å². The van der Waals surface area contributed by atoms with Crippen LogP contribution in [0.15, 0.2) is 49.2 Å². The lowest BCUT2D eigenvalue weighted by molar-refractivity contribution is 0.0691. The molecule has 0 bridgehead atoms. The highest BCUT2D eigenvalue weighted by Crippen LogP contribution is 2.29. The van der Waals surface area contributed by atoms with Crippen molar-refractivity contribution in [3.05, 3.63) is 60.4 Å². The average Bonchev–Trinajstić information content (AvgIpc) is 3.61. The Balaban J connectivity index is 0.00000267. The van der Waals surface area contributed by atoms with Crippen LogP contribution in [-0.4, -0.2) is 59.4 Å². The molecular weight excluding hydrogens is 472 g/mol. The second-order valence-corrected chi connectivity index (χ2v) is 10.7. The van der Waals surface area contributed by atoms with Crippen LogP contribution in [0.1, 0.15) is 57.2 Å². The first-order chi connectivity index (χ1) is 17.0. The van der Waals surface area contributed by atoms with E-state index in [0.29, 0.717) is 6.54 Å². The van der Waals surface area contributed by atoms with Crippen molar-refractivity contribution in [2.75, 3.05) is 24.5 Å². The fraction of sp³-hybridized carbons (Fsp3) is 0.481. The van der Waals surface area contributed by atoms with Gasteiger partial charge in [-0.15, -0.1) is 17.5 Å². The van der Waals surface area contributed by atoms with E-state index in [9.17, 15) is 0 Å². The van der Waals surface area contributed by atoms with Gasteiger partial charge in [-0.3, -0.25) is 9.88 Å². The summed E-state index contributed by atoms with van der Waals surface area (Å²) in [5, 5.41) is 8.78. The van der Waals surface area contributed by atoms with Gasteiger partial charge in [-0.2, -0.15) is 0 Å². The molecule has 0 saturated carbocycles. The van der Waals surface area contributed by atoms with Crippen molar-refractivity contribution >= 4 is 23.7 Å². The first-order valence-corrected chi connectivity index (χ1v) is 12.9. The van der Waals surface area contributed by atoms with E-state index in [-0.39, 0.29) is 17.9 Å². The fourth-order valence-electron chi connectivity index (χ4n) is 5.48. The Labute approximate surface area is 218 Å². The Kier molecular flexibility index (Phi) is 6.99. The van der Waals surface area contributed by atoms with Crippen molar-refractivity contribution < 1.29 is 0 Å². The molecule has 36 heavy (non-hydrogen) atoms. The van der Waals surface area contributed by atoms with Crippen LogP contribution in [0, 0.1) is 0 Å². The van der Waals surface area contributed by atoms with Gasteiger partial charge in [-0.1, -0.05) is 17.7 Å². The van der Waals surface area contributed by atoms with Crippen molar-refractivity contribution in [2.24, 2.45) is 0 Å². The molecule has 9 heteroatoms. The van der Waals surface area contributed by atoms with E-state index in [1.807, 2.05) is 23.3 Å². The summed E-state index contributed by atoms with van der Waals surface area (Å²) < 4.78 is 4.00. The molecule has 8 nitrogen and oxygen atoms in total. The summed E-state index contributed by atoms with van der Waals surface area (Å²) in [6.07, 6.45) is 16.5. The van der Waals surface area contributed by atoms with Crippen LogP contribution in [-0.2, 0) is 13.1 Å². The van der Waals surface area contributed by atoms with E-state index in [2.05, 4.69) is 73.9 Å². The summed E-state index contributed by atoms with van der Waals surface area (Å²) >= 11 is 0. The van der Waals surface area contributed by atoms with Crippen LogP contribution in [0.2, 0.25) is 0 Å². The molecular formula is C27H35ClN8. The van der Waals surface area contributed by atoms with Crippen LogP contribution in [0.25, 0.3) is 16.9 Å². The molecule has 2 fully saturated rings. The minimum Gasteiger partial charge on any atom is -0.370 e. The Hall–Kier alpha value is -2.97. The van der Waals surface area contributed by atoms with E-state index in [0.717, 1.165) is 42.2 Å². The normalized spacial score (nSPS) is 18.0. The number of aromatic nitrogens is 6. The highest BCUT2D eigenvalue weighted by Gasteiger charge is 2.29. The number of fused-ring (bicyclic) bond motifs is 1. The summed E-state index contributed by atoms with van der Waals surface area (Å²) in [4.78, 5) is 14.3. The lowest BCUT2D eigenvalue weighted by atomic mass is 9.90. The monoisotopic (exact) mass is 506 g/mol. The highest BCUT2D eigenvalue weighted by molar-refractivity contribution is 5.85. The fourth-order valence-corrected chi connectivity index (χ4v) is 5.48. The van der Waals surface area contributed by atoms with Gasteiger partial charge >= 0.3 is 0 Å². The first kappa shape index (κ1) is 24.7. The molecule has 2 aliphatic rings. The van der Waals surface area contributed by atoms with Gasteiger partial charge < -0.3 is 9.30 Å². The molecule has 0 N–H and O–H groups in total. The van der Waals surface area contributed by atoms with Gasteiger partial charge in [0.15, 0.2) is 0 Å². The van der Waals surface area contributed by atoms with E-state index in [4.69, 9.17) is 4.98 Å². The minimum absolute atomic E-state index is 0. The molecule has 0 aliphatic carbocycles. The predicted octanol–water partition coefficient (Wildman–Crippen LogP) is 4.82. The van der Waals surface area contributed by atoms with E-state index < -0.39 is 0 Å². The number of hydrogen-bond donors (Lipinski definition) is 0. The average molecular weight is 507 g/mol. The second-order valence-electron chi connectivity index (χ2n) is 10.7. The quantitative estimate of drug-likeness (QED) is 0.373. The summed E-state index contributed by atoms with van der Waals surface area (Å²) in [5.74, 6) is 0. The number of imidazole rings is 1. The third-order valence-electron chi connectivity index (χ3n) is 7.61. The summed E-state index contributed by atoms with van der Waals surface area (Å²) in [6.45, 7) is 9.67. The summed E-state index contributed by atoms with van der Waals surface area (Å²) in [6, 6.07) is 6.51. The smallest absolute Gasteiger partial charge is 0.137 e. The Bertz CT molecular complexity index is 1320. The molecule has 190 valence electrons. The lowest BCUT2D eigenvalue weighted by Gasteiger charge is -2.42. The van der Waals surface area contributed by atoms with Gasteiger partial charge in [-0.05, 0) is 63.8 Å². The van der Waals surface area contributed by atoms with E-state index >= 15 is 0 Å². The number of nitrogens with zero attached hydrogens (tertiary/aromatic N) is 8. The van der Waals surface area contributed by atoms with E-state index in [1.54, 1.807) is 0 Å². The molecule has 0 aromatic carbocycles. The third kappa shape index (κ3) is 5.11. The van der Waals surface area contributed by atoms with Gasteiger partial charge in [0.25, 0.3) is 0 Å². The number of rotatable bonds is 6. The van der Waals surface area contributed by atoms with Crippen molar-refractivity contribution in [2.45, 2.75) is 64.6 Å². The minimum atomic E-state index is 0. The summed E-state index contributed by atoms with van der Waals surface area (Å²) in [5.41, 5.74) is 6.53. The number of hydrogen-bond acceptors (Lipinski definition) is 6. The number of halogens is 1. The highest BCUT2D eigenvalue weighted by atomic mass is 35.5. The topological polar surface area (TPSA) is 67.4 Å². The van der Waals surface area contributed by atoms with Crippen LogP contribution < -0.4 is 4.90 Å². The van der Waals surface area contributed by atoms with Gasteiger partial charge in [0.2, 0.25) is 0 Å². The van der Waals surface area contributed by atoms with E-state index in [1.165, 1.54) is 49.9 Å². The van der Waals surface area contributed by atoms with Gasteiger partial charge in [0.05, 0.1) is 30.3 Å². The molecule has 0 amide bonds. The van der Waals surface area contributed by atoms with Gasteiger partial charge in [0.1, 0.15) is 11.3 Å². The van der Waals surface area contributed by atoms with Crippen LogP contribution in [0.5, 0.6) is 0 Å². The molecule has 4 aromatic heterocycles. The Morgan fingerprint density at radius 1 is 0.917 bits per heavy atom. The lowest BCUT2D eigenvalue weighted by Crippen LogP contribution is -2.46. The van der Waals surface area contributed by atoms with Crippen molar-refractivity contribution in [3.8, 4) is 11.3 Å². The maximum atomic E-state index is 4.81. The van der Waals surface area contributed by atoms with Crippen molar-refractivity contribution in [1.29, 1.82) is 0 Å². The Morgan fingerprint density at radius 3 is 2.58 bits per heavy atom. The number of pyridine rings is 2. The third-order valence-corrected chi connectivity index (χ3v) is 7.61. The molecule has 2 aliphatic heterocycles. The van der Waals surface area contributed by atoms with Crippen LogP contribution >= 0.6 is 12.4 Å². The van der Waals surface area contributed by atoms with Gasteiger partial charge in [-0.25, -0.2) is 9.67 Å². The largest absolute Gasteiger partial charge is 0.370 e. The molecule has 0 unspecified atom stereocenters. The maximum Gasteiger partial charge on any atom is 0.137 e. The van der Waals surface area contributed by atoms with Crippen LogP contribution in [0.3, 0.4) is 0 Å². The molecule has 2 saturated heterocycles. The number of anilines is 1. The number of likely N-dealkylation sites (tertiary alicyclic amines) is 1. The molecule has 6 rings (SSSR count). The maximum absolute atomic E-state index is 4.81.